The molecule has 0 saturated carbocycles. The maximum atomic E-state index is 12.8. The zero-order chi connectivity index (χ0) is 53.6. The molecule has 0 aliphatic rings. The lowest BCUT2D eigenvalue weighted by Gasteiger charge is -2.18. The van der Waals surface area contributed by atoms with Crippen LogP contribution in [-0.2, 0) is 28.6 Å². The van der Waals surface area contributed by atoms with Gasteiger partial charge in [-0.1, -0.05) is 361 Å². The molecule has 0 rings (SSSR count). The third-order valence-corrected chi connectivity index (χ3v) is 15.9. The number of unbranched alkanes of at least 4 members (excludes halogenated alkanes) is 53. The molecule has 0 aliphatic heterocycles. The average Bonchev–Trinajstić information content (AvgIpc) is 3.40. The Hall–Kier alpha value is -1.59. The monoisotopic (exact) mass is 1050 g/mol. The summed E-state index contributed by atoms with van der Waals surface area (Å²) in [5.74, 6) is -0.841. The molecule has 0 amide bonds. The summed E-state index contributed by atoms with van der Waals surface area (Å²) in [4.78, 5) is 38.0. The van der Waals surface area contributed by atoms with Crippen LogP contribution in [0.25, 0.3) is 0 Å². The van der Waals surface area contributed by atoms with E-state index >= 15 is 0 Å². The van der Waals surface area contributed by atoms with Gasteiger partial charge >= 0.3 is 17.9 Å². The van der Waals surface area contributed by atoms with Crippen molar-refractivity contribution in [2.45, 2.75) is 406 Å². The van der Waals surface area contributed by atoms with Crippen LogP contribution in [0, 0.1) is 0 Å². The van der Waals surface area contributed by atoms with E-state index in [-0.39, 0.29) is 31.1 Å². The topological polar surface area (TPSA) is 78.9 Å². The number of hydrogen-bond donors (Lipinski definition) is 0. The van der Waals surface area contributed by atoms with Crippen molar-refractivity contribution >= 4 is 17.9 Å². The van der Waals surface area contributed by atoms with Crippen LogP contribution in [0.3, 0.4) is 0 Å². The van der Waals surface area contributed by atoms with Crippen LogP contribution in [0.4, 0.5) is 0 Å². The smallest absolute Gasteiger partial charge is 0.306 e. The second-order valence-corrected chi connectivity index (χ2v) is 23.5. The molecule has 0 aromatic carbocycles. The predicted octanol–water partition coefficient (Wildman–Crippen LogP) is 23.1. The van der Waals surface area contributed by atoms with Crippen LogP contribution in [0.15, 0.2) is 0 Å². The quantitative estimate of drug-likeness (QED) is 0.0343. The fourth-order valence-electron chi connectivity index (χ4n) is 10.7. The van der Waals surface area contributed by atoms with Gasteiger partial charge < -0.3 is 14.2 Å². The van der Waals surface area contributed by atoms with E-state index in [1.165, 1.54) is 302 Å². The Bertz CT molecular complexity index is 1110. The van der Waals surface area contributed by atoms with Gasteiger partial charge in [0.1, 0.15) is 13.2 Å². The molecule has 440 valence electrons. The second kappa shape index (κ2) is 63.9. The summed E-state index contributed by atoms with van der Waals surface area (Å²) in [6, 6.07) is 0. The molecule has 0 saturated heterocycles. The summed E-state index contributed by atoms with van der Waals surface area (Å²) in [7, 11) is 0. The van der Waals surface area contributed by atoms with Gasteiger partial charge in [0.2, 0.25) is 0 Å². The molecule has 0 aromatic heterocycles. The van der Waals surface area contributed by atoms with E-state index in [0.29, 0.717) is 19.3 Å². The van der Waals surface area contributed by atoms with Crippen molar-refractivity contribution in [2.75, 3.05) is 13.2 Å². The van der Waals surface area contributed by atoms with E-state index in [2.05, 4.69) is 20.8 Å². The van der Waals surface area contributed by atoms with E-state index in [1.807, 2.05) is 0 Å². The van der Waals surface area contributed by atoms with Gasteiger partial charge in [0, 0.05) is 19.3 Å². The predicted molar refractivity (Wildman–Crippen MR) is 321 cm³/mol. The Morgan fingerprint density at radius 3 is 0.541 bits per heavy atom. The molecule has 0 bridgehead atoms. The first kappa shape index (κ1) is 72.4. The Labute approximate surface area is 463 Å². The second-order valence-electron chi connectivity index (χ2n) is 23.5. The van der Waals surface area contributed by atoms with Gasteiger partial charge in [0.05, 0.1) is 0 Å². The molecule has 0 fully saturated rings. The third kappa shape index (κ3) is 61.3. The lowest BCUT2D eigenvalue weighted by molar-refractivity contribution is -0.167. The van der Waals surface area contributed by atoms with Crippen LogP contribution >= 0.6 is 0 Å². The Balaban J connectivity index is 3.87. The molecular formula is C68H132O6. The van der Waals surface area contributed by atoms with Crippen LogP contribution < -0.4 is 0 Å². The van der Waals surface area contributed by atoms with Crippen LogP contribution in [0.1, 0.15) is 400 Å². The third-order valence-electron chi connectivity index (χ3n) is 15.9. The summed E-state index contributed by atoms with van der Waals surface area (Å²) in [6.07, 6.45) is 74.7. The van der Waals surface area contributed by atoms with Crippen LogP contribution in [0.5, 0.6) is 0 Å². The maximum Gasteiger partial charge on any atom is 0.306 e. The summed E-state index contributed by atoms with van der Waals surface area (Å²) >= 11 is 0. The maximum absolute atomic E-state index is 12.8. The van der Waals surface area contributed by atoms with Gasteiger partial charge in [0.25, 0.3) is 0 Å². The van der Waals surface area contributed by atoms with Crippen molar-refractivity contribution in [3.8, 4) is 0 Å². The molecule has 6 nitrogen and oxygen atoms in total. The highest BCUT2D eigenvalue weighted by atomic mass is 16.6. The van der Waals surface area contributed by atoms with E-state index in [1.54, 1.807) is 0 Å². The molecule has 6 heteroatoms. The van der Waals surface area contributed by atoms with Crippen molar-refractivity contribution in [3.05, 3.63) is 0 Å². The molecule has 0 heterocycles. The fourth-order valence-corrected chi connectivity index (χ4v) is 10.7. The molecular weight excluding hydrogens is 913 g/mol. The summed E-state index contributed by atoms with van der Waals surface area (Å²) in [5, 5.41) is 0. The lowest BCUT2D eigenvalue weighted by atomic mass is 10.0. The van der Waals surface area contributed by atoms with Crippen LogP contribution in [-0.4, -0.2) is 37.2 Å². The standard InChI is InChI=1S/C68H132O6/c1-4-7-10-13-16-18-20-22-24-26-27-28-29-30-31-32-33-34-35-36-37-38-39-40-41-43-44-46-48-50-52-55-58-61-67(70)73-64-65(63-72-66(69)60-57-54-15-12-9-6-3)74-68(71)62-59-56-53-51-49-47-45-42-25-23-21-19-17-14-11-8-5-2/h65H,4-64H2,1-3H3. The molecule has 0 spiro atoms. The van der Waals surface area contributed by atoms with E-state index in [9.17, 15) is 14.4 Å². The van der Waals surface area contributed by atoms with Crippen LogP contribution in [0.2, 0.25) is 0 Å². The Kier molecular flexibility index (Phi) is 62.6. The highest BCUT2D eigenvalue weighted by molar-refractivity contribution is 5.71. The van der Waals surface area contributed by atoms with E-state index in [4.69, 9.17) is 14.2 Å². The van der Waals surface area contributed by atoms with Crippen molar-refractivity contribution in [3.63, 3.8) is 0 Å². The van der Waals surface area contributed by atoms with Gasteiger partial charge in [-0.05, 0) is 19.3 Å². The first-order valence-electron chi connectivity index (χ1n) is 34.0. The molecule has 74 heavy (non-hydrogen) atoms. The number of carbonyl (C=O) groups excluding carboxylic acids is 3. The Morgan fingerprint density at radius 2 is 0.365 bits per heavy atom. The normalized spacial score (nSPS) is 11.9. The highest BCUT2D eigenvalue weighted by Gasteiger charge is 2.19. The summed E-state index contributed by atoms with van der Waals surface area (Å²) < 4.78 is 16.8. The first-order valence-corrected chi connectivity index (χ1v) is 34.0. The van der Waals surface area contributed by atoms with Gasteiger partial charge in [-0.15, -0.1) is 0 Å². The minimum atomic E-state index is -0.760. The van der Waals surface area contributed by atoms with Crippen molar-refractivity contribution < 1.29 is 28.6 Å². The number of ether oxygens (including phenoxy) is 3. The molecule has 0 radical (unpaired) electrons. The first-order chi connectivity index (χ1) is 36.5. The van der Waals surface area contributed by atoms with Gasteiger partial charge in [0.15, 0.2) is 6.10 Å². The number of esters is 3. The molecule has 0 aliphatic carbocycles. The van der Waals surface area contributed by atoms with E-state index < -0.39 is 6.10 Å². The molecule has 0 aromatic rings. The summed E-state index contributed by atoms with van der Waals surface area (Å²) in [5.41, 5.74) is 0. The highest BCUT2D eigenvalue weighted by Crippen LogP contribution is 2.19. The number of hydrogen-bond acceptors (Lipinski definition) is 6. The average molecular weight is 1050 g/mol. The SMILES string of the molecule is CCCCCCCCCCCCCCCCCCCCCCCCCCCCCCCCCCCC(=O)OCC(COC(=O)CCCCCCCC)OC(=O)CCCCCCCCCCCCCCCCCCC. The largest absolute Gasteiger partial charge is 0.462 e. The van der Waals surface area contributed by atoms with Crippen molar-refractivity contribution in [2.24, 2.45) is 0 Å². The fraction of sp³-hybridized carbons (Fsp3) is 0.956. The number of rotatable bonds is 64. The zero-order valence-electron chi connectivity index (χ0n) is 50.7. The van der Waals surface area contributed by atoms with Gasteiger partial charge in [-0.3, -0.25) is 14.4 Å². The zero-order valence-corrected chi connectivity index (χ0v) is 50.7. The molecule has 1 unspecified atom stereocenters. The van der Waals surface area contributed by atoms with Crippen molar-refractivity contribution in [1.82, 2.24) is 0 Å². The minimum Gasteiger partial charge on any atom is -0.462 e. The minimum absolute atomic E-state index is 0.0619. The Morgan fingerprint density at radius 1 is 0.216 bits per heavy atom. The summed E-state index contributed by atoms with van der Waals surface area (Å²) in [6.45, 7) is 6.66. The number of carbonyl (C=O) groups is 3. The van der Waals surface area contributed by atoms with Gasteiger partial charge in [-0.25, -0.2) is 0 Å². The van der Waals surface area contributed by atoms with E-state index in [0.717, 1.165) is 57.8 Å². The molecule has 0 N–H and O–H groups in total. The van der Waals surface area contributed by atoms with Gasteiger partial charge in [-0.2, -0.15) is 0 Å². The molecule has 1 atom stereocenters. The lowest BCUT2D eigenvalue weighted by Crippen LogP contribution is -2.30. The van der Waals surface area contributed by atoms with Crippen molar-refractivity contribution in [1.29, 1.82) is 0 Å².